The van der Waals surface area contributed by atoms with Crippen LogP contribution in [0.1, 0.15) is 37.0 Å². The van der Waals surface area contributed by atoms with Gasteiger partial charge in [0.1, 0.15) is 5.75 Å². The minimum atomic E-state index is -3.62. The monoisotopic (exact) mass is 432 g/mol. The predicted molar refractivity (Wildman–Crippen MR) is 115 cm³/mol. The van der Waals surface area contributed by atoms with E-state index in [0.29, 0.717) is 36.1 Å². The molecule has 0 saturated carbocycles. The zero-order valence-corrected chi connectivity index (χ0v) is 18.1. The van der Waals surface area contributed by atoms with Gasteiger partial charge in [-0.1, -0.05) is 13.8 Å². The third-order valence-electron chi connectivity index (χ3n) is 4.65. The Bertz CT molecular complexity index is 934. The van der Waals surface area contributed by atoms with Crippen LogP contribution in [0.2, 0.25) is 0 Å². The Morgan fingerprint density at radius 3 is 2.43 bits per heavy atom. The highest BCUT2D eigenvalue weighted by atomic mass is 32.2. The van der Waals surface area contributed by atoms with Crippen LogP contribution in [0.3, 0.4) is 0 Å². The Kier molecular flexibility index (Phi) is 7.47. The molecule has 1 heterocycles. The second kappa shape index (κ2) is 10.1. The number of ether oxygens (including phenoxy) is 2. The van der Waals surface area contributed by atoms with Gasteiger partial charge in [0, 0.05) is 24.4 Å². The first-order chi connectivity index (χ1) is 14.3. The van der Waals surface area contributed by atoms with E-state index in [9.17, 15) is 13.2 Å². The van der Waals surface area contributed by atoms with E-state index in [1.807, 2.05) is 0 Å². The summed E-state index contributed by atoms with van der Waals surface area (Å²) in [4.78, 5) is 12.6. The summed E-state index contributed by atoms with van der Waals surface area (Å²) in [6.45, 7) is 5.69. The summed E-state index contributed by atoms with van der Waals surface area (Å²) in [5, 5.41) is 2.77. The summed E-state index contributed by atoms with van der Waals surface area (Å²) >= 11 is 0. The minimum absolute atomic E-state index is 0.0690. The molecule has 1 aliphatic rings. The van der Waals surface area contributed by atoms with E-state index < -0.39 is 10.0 Å². The first-order valence-electron chi connectivity index (χ1n) is 10.1. The quantitative estimate of drug-likeness (QED) is 0.633. The van der Waals surface area contributed by atoms with Gasteiger partial charge >= 0.3 is 0 Å². The van der Waals surface area contributed by atoms with Crippen LogP contribution in [0.25, 0.3) is 0 Å². The fourth-order valence-electron chi connectivity index (χ4n) is 2.98. The van der Waals surface area contributed by atoms with Crippen molar-refractivity contribution in [2.24, 2.45) is 5.92 Å². The number of rotatable bonds is 9. The zero-order chi connectivity index (χ0) is 21.6. The van der Waals surface area contributed by atoms with Gasteiger partial charge in [-0.3, -0.25) is 4.79 Å². The summed E-state index contributed by atoms with van der Waals surface area (Å²) in [5.41, 5.74) is 1.00. The van der Waals surface area contributed by atoms with Crippen LogP contribution in [0.5, 0.6) is 5.75 Å². The first kappa shape index (κ1) is 22.3. The highest BCUT2D eigenvalue weighted by Crippen LogP contribution is 2.18. The summed E-state index contributed by atoms with van der Waals surface area (Å²) in [6.07, 6.45) is 1.74. The van der Waals surface area contributed by atoms with Gasteiger partial charge in [-0.2, -0.15) is 0 Å². The maximum atomic E-state index is 12.4. The van der Waals surface area contributed by atoms with Crippen molar-refractivity contribution in [1.82, 2.24) is 4.72 Å². The summed E-state index contributed by atoms with van der Waals surface area (Å²) < 4.78 is 38.4. The standard InChI is InChI=1S/C22H28N2O5S/c1-16(2)15-29-19-9-5-17(6-10-19)22(25)24-18-7-11-21(12-8-18)30(26,27)23-14-20-4-3-13-28-20/h5-12,16,20,23H,3-4,13-15H2,1-2H3,(H,24,25). The minimum Gasteiger partial charge on any atom is -0.493 e. The fourth-order valence-corrected chi connectivity index (χ4v) is 4.04. The van der Waals surface area contributed by atoms with Crippen LogP contribution in [0, 0.1) is 5.92 Å². The molecule has 2 N–H and O–H groups in total. The normalized spacial score (nSPS) is 16.6. The average Bonchev–Trinajstić information content (AvgIpc) is 3.25. The SMILES string of the molecule is CC(C)COc1ccc(C(=O)Nc2ccc(S(=O)(=O)NCC3CCCO3)cc2)cc1. The Morgan fingerprint density at radius 2 is 1.83 bits per heavy atom. The molecule has 0 radical (unpaired) electrons. The van der Waals surface area contributed by atoms with Gasteiger partial charge in [-0.25, -0.2) is 13.1 Å². The Balaban J connectivity index is 1.56. The lowest BCUT2D eigenvalue weighted by atomic mass is 10.2. The van der Waals surface area contributed by atoms with Crippen molar-refractivity contribution >= 4 is 21.6 Å². The number of hydrogen-bond donors (Lipinski definition) is 2. The molecule has 0 spiro atoms. The number of sulfonamides is 1. The van der Waals surface area contributed by atoms with Crippen molar-refractivity contribution in [3.63, 3.8) is 0 Å². The molecule has 7 nitrogen and oxygen atoms in total. The smallest absolute Gasteiger partial charge is 0.255 e. The van der Waals surface area contributed by atoms with Crippen molar-refractivity contribution < 1.29 is 22.7 Å². The van der Waals surface area contributed by atoms with Crippen LogP contribution in [0.4, 0.5) is 5.69 Å². The summed E-state index contributed by atoms with van der Waals surface area (Å²) in [7, 11) is -3.62. The Morgan fingerprint density at radius 1 is 1.13 bits per heavy atom. The number of anilines is 1. The number of benzene rings is 2. The topological polar surface area (TPSA) is 93.7 Å². The largest absolute Gasteiger partial charge is 0.493 e. The molecule has 1 aliphatic heterocycles. The Labute approximate surface area is 177 Å². The molecule has 0 aliphatic carbocycles. The van der Waals surface area contributed by atoms with Crippen LogP contribution in [-0.2, 0) is 14.8 Å². The maximum Gasteiger partial charge on any atom is 0.255 e. The Hall–Kier alpha value is -2.42. The van der Waals surface area contributed by atoms with Gasteiger partial charge in [-0.05, 0) is 67.3 Å². The summed E-state index contributed by atoms with van der Waals surface area (Å²) in [5.74, 6) is 0.855. The van der Waals surface area contributed by atoms with Crippen LogP contribution in [0.15, 0.2) is 53.4 Å². The predicted octanol–water partition coefficient (Wildman–Crippen LogP) is 3.43. The molecule has 2 aromatic carbocycles. The lowest BCUT2D eigenvalue weighted by Gasteiger charge is -2.12. The lowest BCUT2D eigenvalue weighted by molar-refractivity contribution is 0.102. The molecule has 30 heavy (non-hydrogen) atoms. The molecule has 1 fully saturated rings. The van der Waals surface area contributed by atoms with Gasteiger partial charge in [0.15, 0.2) is 0 Å². The molecule has 162 valence electrons. The highest BCUT2D eigenvalue weighted by molar-refractivity contribution is 7.89. The van der Waals surface area contributed by atoms with E-state index >= 15 is 0 Å². The molecule has 1 unspecified atom stereocenters. The number of carbonyl (C=O) groups is 1. The molecular formula is C22H28N2O5S. The van der Waals surface area contributed by atoms with E-state index in [2.05, 4.69) is 23.9 Å². The first-order valence-corrected chi connectivity index (χ1v) is 11.6. The maximum absolute atomic E-state index is 12.4. The molecule has 1 atom stereocenters. The highest BCUT2D eigenvalue weighted by Gasteiger charge is 2.20. The van der Waals surface area contributed by atoms with E-state index in [-0.39, 0.29) is 23.5 Å². The molecule has 1 saturated heterocycles. The number of amides is 1. The van der Waals surface area contributed by atoms with Gasteiger partial charge < -0.3 is 14.8 Å². The molecular weight excluding hydrogens is 404 g/mol. The second-order valence-electron chi connectivity index (χ2n) is 7.69. The number of nitrogens with one attached hydrogen (secondary N) is 2. The van der Waals surface area contributed by atoms with E-state index in [1.54, 1.807) is 36.4 Å². The molecule has 2 aromatic rings. The lowest BCUT2D eigenvalue weighted by Crippen LogP contribution is -2.31. The molecule has 0 aromatic heterocycles. The fraction of sp³-hybridized carbons (Fsp3) is 0.409. The van der Waals surface area contributed by atoms with Gasteiger partial charge in [-0.15, -0.1) is 0 Å². The van der Waals surface area contributed by atoms with E-state index in [0.717, 1.165) is 12.8 Å². The molecule has 1 amide bonds. The van der Waals surface area contributed by atoms with Crippen molar-refractivity contribution in [2.45, 2.75) is 37.7 Å². The third kappa shape index (κ3) is 6.29. The molecule has 3 rings (SSSR count). The van der Waals surface area contributed by atoms with Crippen molar-refractivity contribution in [2.75, 3.05) is 25.1 Å². The number of hydrogen-bond acceptors (Lipinski definition) is 5. The second-order valence-corrected chi connectivity index (χ2v) is 9.46. The van der Waals surface area contributed by atoms with Crippen molar-refractivity contribution in [1.29, 1.82) is 0 Å². The third-order valence-corrected chi connectivity index (χ3v) is 6.09. The van der Waals surface area contributed by atoms with Gasteiger partial charge in [0.2, 0.25) is 10.0 Å². The van der Waals surface area contributed by atoms with Gasteiger partial charge in [0.05, 0.1) is 17.6 Å². The van der Waals surface area contributed by atoms with Crippen LogP contribution >= 0.6 is 0 Å². The van der Waals surface area contributed by atoms with Crippen molar-refractivity contribution in [3.05, 3.63) is 54.1 Å². The molecule has 0 bridgehead atoms. The number of carbonyl (C=O) groups excluding carboxylic acids is 1. The molecule has 8 heteroatoms. The van der Waals surface area contributed by atoms with Crippen LogP contribution < -0.4 is 14.8 Å². The van der Waals surface area contributed by atoms with E-state index in [4.69, 9.17) is 9.47 Å². The summed E-state index contributed by atoms with van der Waals surface area (Å²) in [6, 6.07) is 13.0. The average molecular weight is 433 g/mol. The van der Waals surface area contributed by atoms with Gasteiger partial charge in [0.25, 0.3) is 5.91 Å². The zero-order valence-electron chi connectivity index (χ0n) is 17.3. The van der Waals surface area contributed by atoms with Crippen LogP contribution in [-0.4, -0.2) is 40.2 Å². The van der Waals surface area contributed by atoms with Crippen molar-refractivity contribution in [3.8, 4) is 5.75 Å². The van der Waals surface area contributed by atoms with E-state index in [1.165, 1.54) is 12.1 Å².